The Morgan fingerprint density at radius 3 is 3.00 bits per heavy atom. The Kier molecular flexibility index (Phi) is 4.55. The number of nitrogens with zero attached hydrogens (tertiary/aromatic N) is 2. The second-order valence-electron chi connectivity index (χ2n) is 4.81. The van der Waals surface area contributed by atoms with Crippen molar-refractivity contribution in [2.24, 2.45) is 0 Å². The number of likely N-dealkylation sites (tertiary alicyclic amines) is 1. The van der Waals surface area contributed by atoms with Crippen molar-refractivity contribution >= 4 is 11.9 Å². The van der Waals surface area contributed by atoms with E-state index >= 15 is 0 Å². The summed E-state index contributed by atoms with van der Waals surface area (Å²) in [6.45, 7) is 0.578. The summed E-state index contributed by atoms with van der Waals surface area (Å²) in [6.07, 6.45) is 4.10. The predicted octanol–water partition coefficient (Wildman–Crippen LogP) is 1.56. The van der Waals surface area contributed by atoms with E-state index in [1.807, 2.05) is 0 Å². The fourth-order valence-electron chi connectivity index (χ4n) is 2.55. The zero-order valence-electron chi connectivity index (χ0n) is 11.4. The molecule has 0 spiro atoms. The minimum Gasteiger partial charge on any atom is -0.481 e. The van der Waals surface area contributed by atoms with E-state index in [0.29, 0.717) is 12.1 Å². The van der Waals surface area contributed by atoms with Crippen LogP contribution >= 0.6 is 0 Å². The number of ether oxygens (including phenoxy) is 1. The smallest absolute Gasteiger partial charge is 0.305 e. The summed E-state index contributed by atoms with van der Waals surface area (Å²) in [5, 5.41) is 8.96. The minimum atomic E-state index is -0.882. The third-order valence-electron chi connectivity index (χ3n) is 3.49. The molecule has 1 aliphatic rings. The molecule has 1 unspecified atom stereocenters. The SMILES string of the molecule is COc1ncccc1C(=O)N1CCCCC1CC(=O)O. The molecule has 1 N–H and O–H groups in total. The third kappa shape index (κ3) is 3.07. The van der Waals surface area contributed by atoms with Crippen LogP contribution < -0.4 is 4.74 Å². The van der Waals surface area contributed by atoms with Gasteiger partial charge in [0.25, 0.3) is 5.91 Å². The van der Waals surface area contributed by atoms with Crippen molar-refractivity contribution in [1.29, 1.82) is 0 Å². The van der Waals surface area contributed by atoms with Crippen molar-refractivity contribution in [3.05, 3.63) is 23.9 Å². The van der Waals surface area contributed by atoms with Gasteiger partial charge in [0, 0.05) is 18.8 Å². The van der Waals surface area contributed by atoms with Crippen LogP contribution in [0, 0.1) is 0 Å². The van der Waals surface area contributed by atoms with Gasteiger partial charge in [-0.05, 0) is 31.4 Å². The van der Waals surface area contributed by atoms with Crippen LogP contribution in [0.1, 0.15) is 36.0 Å². The van der Waals surface area contributed by atoms with Crippen LogP contribution in [-0.4, -0.2) is 46.6 Å². The van der Waals surface area contributed by atoms with Crippen molar-refractivity contribution in [2.75, 3.05) is 13.7 Å². The Balaban J connectivity index is 2.23. The topological polar surface area (TPSA) is 79.7 Å². The van der Waals surface area contributed by atoms with E-state index in [2.05, 4.69) is 4.98 Å². The van der Waals surface area contributed by atoms with Crippen molar-refractivity contribution in [3.8, 4) is 5.88 Å². The quantitative estimate of drug-likeness (QED) is 0.904. The number of methoxy groups -OCH3 is 1. The predicted molar refractivity (Wildman–Crippen MR) is 71.7 cm³/mol. The molecule has 1 aromatic heterocycles. The number of carbonyl (C=O) groups excluding carboxylic acids is 1. The van der Waals surface area contributed by atoms with E-state index in [0.717, 1.165) is 19.3 Å². The zero-order chi connectivity index (χ0) is 14.5. The molecule has 1 atom stereocenters. The lowest BCUT2D eigenvalue weighted by molar-refractivity contribution is -0.138. The molecule has 2 rings (SSSR count). The number of rotatable bonds is 4. The van der Waals surface area contributed by atoms with Gasteiger partial charge in [-0.3, -0.25) is 9.59 Å². The molecule has 1 amide bonds. The molecule has 6 heteroatoms. The minimum absolute atomic E-state index is 0.0195. The van der Waals surface area contributed by atoms with Crippen LogP contribution in [0.3, 0.4) is 0 Å². The lowest BCUT2D eigenvalue weighted by Gasteiger charge is -2.35. The molecule has 20 heavy (non-hydrogen) atoms. The first-order chi connectivity index (χ1) is 9.63. The molecule has 2 heterocycles. The van der Waals surface area contributed by atoms with Crippen LogP contribution in [0.25, 0.3) is 0 Å². The largest absolute Gasteiger partial charge is 0.481 e. The summed E-state index contributed by atoms with van der Waals surface area (Å²) in [4.78, 5) is 29.2. The van der Waals surface area contributed by atoms with E-state index in [1.54, 1.807) is 23.2 Å². The number of hydrogen-bond acceptors (Lipinski definition) is 4. The fourth-order valence-corrected chi connectivity index (χ4v) is 2.55. The standard InChI is InChI=1S/C14H18N2O4/c1-20-13-11(6-4-7-15-13)14(19)16-8-3-2-5-10(16)9-12(17)18/h4,6-7,10H,2-3,5,8-9H2,1H3,(H,17,18). The molecule has 0 bridgehead atoms. The molecule has 108 valence electrons. The van der Waals surface area contributed by atoms with Crippen LogP contribution in [0.4, 0.5) is 0 Å². The van der Waals surface area contributed by atoms with Gasteiger partial charge in [0.2, 0.25) is 5.88 Å². The number of carbonyl (C=O) groups is 2. The summed E-state index contributed by atoms with van der Waals surface area (Å²) in [7, 11) is 1.46. The first kappa shape index (κ1) is 14.3. The fraction of sp³-hybridized carbons (Fsp3) is 0.500. The molecule has 1 aromatic rings. The van der Waals surface area contributed by atoms with Gasteiger partial charge >= 0.3 is 5.97 Å². The zero-order valence-corrected chi connectivity index (χ0v) is 11.4. The number of hydrogen-bond donors (Lipinski definition) is 1. The van der Waals surface area contributed by atoms with Gasteiger partial charge < -0.3 is 14.7 Å². The maximum absolute atomic E-state index is 12.6. The van der Waals surface area contributed by atoms with Crippen LogP contribution in [0.2, 0.25) is 0 Å². The van der Waals surface area contributed by atoms with Gasteiger partial charge in [-0.2, -0.15) is 0 Å². The summed E-state index contributed by atoms with van der Waals surface area (Å²) >= 11 is 0. The first-order valence-electron chi connectivity index (χ1n) is 6.65. The van der Waals surface area contributed by atoms with E-state index in [1.165, 1.54) is 7.11 Å². The van der Waals surface area contributed by atoms with E-state index in [4.69, 9.17) is 9.84 Å². The highest BCUT2D eigenvalue weighted by molar-refractivity contribution is 5.96. The number of carboxylic acids is 1. The highest BCUT2D eigenvalue weighted by Crippen LogP contribution is 2.24. The average molecular weight is 278 g/mol. The Labute approximate surface area is 117 Å². The summed E-state index contributed by atoms with van der Waals surface area (Å²) in [5.41, 5.74) is 0.382. The summed E-state index contributed by atoms with van der Waals surface area (Å²) in [6, 6.07) is 3.07. The van der Waals surface area contributed by atoms with E-state index < -0.39 is 5.97 Å². The second kappa shape index (κ2) is 6.36. The summed E-state index contributed by atoms with van der Waals surface area (Å²) < 4.78 is 5.10. The van der Waals surface area contributed by atoms with Gasteiger partial charge in [0.1, 0.15) is 5.56 Å². The van der Waals surface area contributed by atoms with Crippen molar-refractivity contribution in [2.45, 2.75) is 31.7 Å². The van der Waals surface area contributed by atoms with Crippen molar-refractivity contribution in [3.63, 3.8) is 0 Å². The van der Waals surface area contributed by atoms with Crippen molar-refractivity contribution < 1.29 is 19.4 Å². The van der Waals surface area contributed by atoms with Crippen LogP contribution in [-0.2, 0) is 4.79 Å². The Morgan fingerprint density at radius 1 is 1.50 bits per heavy atom. The van der Waals surface area contributed by atoms with E-state index in [9.17, 15) is 9.59 Å². The maximum Gasteiger partial charge on any atom is 0.305 e. The monoisotopic (exact) mass is 278 g/mol. The molecule has 6 nitrogen and oxygen atoms in total. The molecule has 1 saturated heterocycles. The van der Waals surface area contributed by atoms with Gasteiger partial charge in [0.15, 0.2) is 0 Å². The molecular weight excluding hydrogens is 260 g/mol. The molecule has 0 radical (unpaired) electrons. The number of aromatic nitrogens is 1. The normalized spacial score (nSPS) is 18.6. The molecule has 1 aliphatic heterocycles. The van der Waals surface area contributed by atoms with Gasteiger partial charge in [-0.15, -0.1) is 0 Å². The number of piperidine rings is 1. The molecule has 0 aliphatic carbocycles. The second-order valence-corrected chi connectivity index (χ2v) is 4.81. The molecule has 0 aromatic carbocycles. The van der Waals surface area contributed by atoms with Crippen molar-refractivity contribution in [1.82, 2.24) is 9.88 Å². The first-order valence-corrected chi connectivity index (χ1v) is 6.65. The number of aliphatic carboxylic acids is 1. The maximum atomic E-state index is 12.6. The molecular formula is C14H18N2O4. The molecule has 1 fully saturated rings. The Bertz CT molecular complexity index is 504. The number of pyridine rings is 1. The van der Waals surface area contributed by atoms with Gasteiger partial charge in [0.05, 0.1) is 13.5 Å². The van der Waals surface area contributed by atoms with Crippen LogP contribution in [0.15, 0.2) is 18.3 Å². The highest BCUT2D eigenvalue weighted by atomic mass is 16.5. The third-order valence-corrected chi connectivity index (χ3v) is 3.49. The lowest BCUT2D eigenvalue weighted by atomic mass is 9.98. The average Bonchev–Trinajstić information content (AvgIpc) is 2.46. The number of amides is 1. The van der Waals surface area contributed by atoms with Gasteiger partial charge in [-0.1, -0.05) is 0 Å². The van der Waals surface area contributed by atoms with Crippen LogP contribution in [0.5, 0.6) is 5.88 Å². The highest BCUT2D eigenvalue weighted by Gasteiger charge is 2.30. The molecule has 0 saturated carbocycles. The Hall–Kier alpha value is -2.11. The Morgan fingerprint density at radius 2 is 2.30 bits per heavy atom. The van der Waals surface area contributed by atoms with Gasteiger partial charge in [-0.25, -0.2) is 4.98 Å². The lowest BCUT2D eigenvalue weighted by Crippen LogP contribution is -2.44. The summed E-state index contributed by atoms with van der Waals surface area (Å²) in [5.74, 6) is -0.814. The van der Waals surface area contributed by atoms with E-state index in [-0.39, 0.29) is 24.2 Å². The number of carboxylic acid groups (broad SMARTS) is 1.